The first kappa shape index (κ1) is 23.0. The standard InChI is InChI=1S/C26H34N6O/c1-4-20(2)26(33)27-18-25-29-28-24-14-15-31(16-17-32(24)25)19-21-10-12-23(13-11-21)30(3)22-8-6-5-7-9-22/h5-13,20H,4,14-19H2,1-3H3,(H,27,33). The van der Waals surface area contributed by atoms with Crippen LogP contribution in [0.4, 0.5) is 11.4 Å². The molecule has 7 nitrogen and oxygen atoms in total. The third kappa shape index (κ3) is 5.60. The van der Waals surface area contributed by atoms with Crippen molar-refractivity contribution < 1.29 is 4.79 Å². The largest absolute Gasteiger partial charge is 0.349 e. The molecule has 0 saturated carbocycles. The van der Waals surface area contributed by atoms with Gasteiger partial charge in [0.05, 0.1) is 6.54 Å². The van der Waals surface area contributed by atoms with Crippen LogP contribution in [0.5, 0.6) is 0 Å². The minimum absolute atomic E-state index is 0.0193. The van der Waals surface area contributed by atoms with Crippen LogP contribution in [-0.4, -0.2) is 45.7 Å². The van der Waals surface area contributed by atoms with Crippen molar-refractivity contribution in [2.75, 3.05) is 25.0 Å². The zero-order valence-corrected chi connectivity index (χ0v) is 19.9. The van der Waals surface area contributed by atoms with Gasteiger partial charge in [-0.15, -0.1) is 10.2 Å². The lowest BCUT2D eigenvalue weighted by molar-refractivity contribution is -0.124. The predicted octanol–water partition coefficient (Wildman–Crippen LogP) is 3.77. The van der Waals surface area contributed by atoms with E-state index in [0.717, 1.165) is 50.7 Å². The summed E-state index contributed by atoms with van der Waals surface area (Å²) in [5.74, 6) is 1.94. The lowest BCUT2D eigenvalue weighted by Crippen LogP contribution is -2.30. The quantitative estimate of drug-likeness (QED) is 0.571. The number of hydrogen-bond acceptors (Lipinski definition) is 5. The highest BCUT2D eigenvalue weighted by atomic mass is 16.1. The van der Waals surface area contributed by atoms with E-state index in [1.807, 2.05) is 19.9 Å². The maximum absolute atomic E-state index is 12.1. The molecule has 0 fully saturated rings. The molecule has 7 heteroatoms. The first-order valence-electron chi connectivity index (χ1n) is 11.8. The summed E-state index contributed by atoms with van der Waals surface area (Å²) in [6.45, 7) is 8.04. The maximum Gasteiger partial charge on any atom is 0.223 e. The number of hydrogen-bond donors (Lipinski definition) is 1. The second kappa shape index (κ2) is 10.6. The van der Waals surface area contributed by atoms with Crippen molar-refractivity contribution in [3.05, 3.63) is 71.8 Å². The van der Waals surface area contributed by atoms with Gasteiger partial charge in [-0.25, -0.2) is 0 Å². The summed E-state index contributed by atoms with van der Waals surface area (Å²) in [4.78, 5) is 16.8. The number of para-hydroxylation sites is 1. The van der Waals surface area contributed by atoms with Crippen LogP contribution in [0.25, 0.3) is 0 Å². The van der Waals surface area contributed by atoms with Crippen LogP contribution in [0.15, 0.2) is 54.6 Å². The van der Waals surface area contributed by atoms with Gasteiger partial charge in [-0.05, 0) is 36.2 Å². The van der Waals surface area contributed by atoms with Gasteiger partial charge >= 0.3 is 0 Å². The highest BCUT2D eigenvalue weighted by molar-refractivity contribution is 5.78. The average molecular weight is 447 g/mol. The minimum Gasteiger partial charge on any atom is -0.349 e. The van der Waals surface area contributed by atoms with E-state index in [9.17, 15) is 4.79 Å². The van der Waals surface area contributed by atoms with Gasteiger partial charge in [-0.2, -0.15) is 0 Å². The first-order chi connectivity index (χ1) is 16.0. The van der Waals surface area contributed by atoms with E-state index in [2.05, 4.69) is 85.5 Å². The van der Waals surface area contributed by atoms with Gasteiger partial charge in [0.25, 0.3) is 0 Å². The molecule has 1 amide bonds. The first-order valence-corrected chi connectivity index (χ1v) is 11.8. The molecular weight excluding hydrogens is 412 g/mol. The van der Waals surface area contributed by atoms with Gasteiger partial charge in [0, 0.05) is 56.9 Å². The number of carbonyl (C=O) groups is 1. The Kier molecular flexibility index (Phi) is 7.40. The number of amides is 1. The van der Waals surface area contributed by atoms with Gasteiger partial charge < -0.3 is 14.8 Å². The SMILES string of the molecule is CCC(C)C(=O)NCc1nnc2n1CCN(Cc1ccc(N(C)c3ccccc3)cc1)CC2. The number of nitrogens with zero attached hydrogens (tertiary/aromatic N) is 5. The van der Waals surface area contributed by atoms with E-state index in [-0.39, 0.29) is 11.8 Å². The summed E-state index contributed by atoms with van der Waals surface area (Å²) in [7, 11) is 2.09. The summed E-state index contributed by atoms with van der Waals surface area (Å²) in [5, 5.41) is 11.7. The molecule has 1 atom stereocenters. The molecule has 2 heterocycles. The van der Waals surface area contributed by atoms with Gasteiger partial charge in [-0.1, -0.05) is 44.2 Å². The molecule has 1 N–H and O–H groups in total. The van der Waals surface area contributed by atoms with Crippen LogP contribution >= 0.6 is 0 Å². The molecule has 0 saturated heterocycles. The van der Waals surface area contributed by atoms with E-state index in [1.54, 1.807) is 0 Å². The molecule has 33 heavy (non-hydrogen) atoms. The molecule has 1 aliphatic rings. The topological polar surface area (TPSA) is 66.3 Å². The Bertz CT molecular complexity index is 1050. The van der Waals surface area contributed by atoms with Crippen molar-refractivity contribution in [2.24, 2.45) is 5.92 Å². The zero-order valence-electron chi connectivity index (χ0n) is 19.9. The second-order valence-electron chi connectivity index (χ2n) is 8.80. The monoisotopic (exact) mass is 446 g/mol. The third-order valence-electron chi connectivity index (χ3n) is 6.55. The lowest BCUT2D eigenvalue weighted by atomic mass is 10.1. The van der Waals surface area contributed by atoms with E-state index < -0.39 is 0 Å². The van der Waals surface area contributed by atoms with E-state index >= 15 is 0 Å². The lowest BCUT2D eigenvalue weighted by Gasteiger charge is -2.22. The van der Waals surface area contributed by atoms with Gasteiger partial charge in [0.15, 0.2) is 5.82 Å². The Labute approximate surface area is 196 Å². The van der Waals surface area contributed by atoms with Crippen molar-refractivity contribution in [3.8, 4) is 0 Å². The maximum atomic E-state index is 12.1. The average Bonchev–Trinajstić information content (AvgIpc) is 3.14. The molecule has 174 valence electrons. The van der Waals surface area contributed by atoms with Crippen LogP contribution in [0.1, 0.15) is 37.5 Å². The van der Waals surface area contributed by atoms with Crippen molar-refractivity contribution >= 4 is 17.3 Å². The molecule has 1 unspecified atom stereocenters. The predicted molar refractivity (Wildman–Crippen MR) is 131 cm³/mol. The summed E-state index contributed by atoms with van der Waals surface area (Å²) in [5.41, 5.74) is 3.66. The fourth-order valence-electron chi connectivity index (χ4n) is 4.13. The fraction of sp³-hybridized carbons (Fsp3) is 0.423. The number of nitrogens with one attached hydrogen (secondary N) is 1. The van der Waals surface area contributed by atoms with Crippen LogP contribution in [0, 0.1) is 5.92 Å². The number of benzene rings is 2. The van der Waals surface area contributed by atoms with Crippen LogP contribution in [0.2, 0.25) is 0 Å². The normalized spacial score (nSPS) is 14.9. The Morgan fingerprint density at radius 1 is 1.03 bits per heavy atom. The molecule has 0 radical (unpaired) electrons. The Balaban J connectivity index is 1.33. The summed E-state index contributed by atoms with van der Waals surface area (Å²) < 4.78 is 2.18. The van der Waals surface area contributed by atoms with Crippen molar-refractivity contribution in [2.45, 2.75) is 46.3 Å². The van der Waals surface area contributed by atoms with Crippen molar-refractivity contribution in [1.29, 1.82) is 0 Å². The molecule has 1 aromatic heterocycles. The number of carbonyl (C=O) groups excluding carboxylic acids is 1. The Morgan fingerprint density at radius 3 is 2.48 bits per heavy atom. The zero-order chi connectivity index (χ0) is 23.2. The molecule has 4 rings (SSSR count). The fourth-order valence-corrected chi connectivity index (χ4v) is 4.13. The molecule has 1 aliphatic heterocycles. The molecule has 0 spiro atoms. The number of rotatable bonds is 8. The molecule has 2 aromatic carbocycles. The minimum atomic E-state index is 0.0193. The van der Waals surface area contributed by atoms with Crippen molar-refractivity contribution in [1.82, 2.24) is 25.0 Å². The Morgan fingerprint density at radius 2 is 1.76 bits per heavy atom. The van der Waals surface area contributed by atoms with Crippen LogP contribution in [-0.2, 0) is 30.8 Å². The van der Waals surface area contributed by atoms with Crippen LogP contribution in [0.3, 0.4) is 0 Å². The second-order valence-corrected chi connectivity index (χ2v) is 8.80. The molecule has 0 bridgehead atoms. The highest BCUT2D eigenvalue weighted by Crippen LogP contribution is 2.24. The summed E-state index contributed by atoms with van der Waals surface area (Å²) in [6, 6.07) is 19.2. The summed E-state index contributed by atoms with van der Waals surface area (Å²) >= 11 is 0. The highest BCUT2D eigenvalue weighted by Gasteiger charge is 2.20. The third-order valence-corrected chi connectivity index (χ3v) is 6.55. The smallest absolute Gasteiger partial charge is 0.223 e. The molecular formula is C26H34N6O. The number of fused-ring (bicyclic) bond motifs is 1. The number of aromatic nitrogens is 3. The van der Waals surface area contributed by atoms with Gasteiger partial charge in [0.2, 0.25) is 5.91 Å². The van der Waals surface area contributed by atoms with Crippen molar-refractivity contribution in [3.63, 3.8) is 0 Å². The van der Waals surface area contributed by atoms with E-state index in [0.29, 0.717) is 6.54 Å². The van der Waals surface area contributed by atoms with Gasteiger partial charge in [-0.3, -0.25) is 9.69 Å². The number of anilines is 2. The Hall–Kier alpha value is -3.19. The van der Waals surface area contributed by atoms with E-state index in [4.69, 9.17) is 0 Å². The molecule has 0 aliphatic carbocycles. The molecule has 3 aromatic rings. The van der Waals surface area contributed by atoms with Gasteiger partial charge in [0.1, 0.15) is 5.82 Å². The summed E-state index contributed by atoms with van der Waals surface area (Å²) in [6.07, 6.45) is 1.70. The van der Waals surface area contributed by atoms with Crippen LogP contribution < -0.4 is 10.2 Å². The van der Waals surface area contributed by atoms with E-state index in [1.165, 1.54) is 16.9 Å².